The molecule has 6 heteroatoms. The lowest BCUT2D eigenvalue weighted by atomic mass is 10.1. The lowest BCUT2D eigenvalue weighted by Crippen LogP contribution is -2.38. The van der Waals surface area contributed by atoms with Crippen LogP contribution in [0.4, 0.5) is 0 Å². The highest BCUT2D eigenvalue weighted by molar-refractivity contribution is 6.05. The lowest BCUT2D eigenvalue weighted by Gasteiger charge is -2.18. The molecule has 1 aliphatic heterocycles. The van der Waals surface area contributed by atoms with Gasteiger partial charge in [-0.05, 0) is 24.6 Å². The van der Waals surface area contributed by atoms with Crippen molar-refractivity contribution in [1.29, 1.82) is 5.26 Å². The maximum atomic E-state index is 11.8. The second-order valence-corrected chi connectivity index (χ2v) is 4.95. The molecular formula is C15H17N3O3. The van der Waals surface area contributed by atoms with E-state index in [0.717, 1.165) is 10.5 Å². The maximum absolute atomic E-state index is 11.8. The molecule has 1 fully saturated rings. The van der Waals surface area contributed by atoms with Gasteiger partial charge in [0.2, 0.25) is 11.8 Å². The summed E-state index contributed by atoms with van der Waals surface area (Å²) in [7, 11) is 1.50. The van der Waals surface area contributed by atoms with Crippen LogP contribution in [0.1, 0.15) is 24.9 Å². The third-order valence-corrected chi connectivity index (χ3v) is 3.52. The molecule has 6 nitrogen and oxygen atoms in total. The smallest absolute Gasteiger partial charge is 0.246 e. The first-order valence-corrected chi connectivity index (χ1v) is 6.69. The van der Waals surface area contributed by atoms with Gasteiger partial charge < -0.3 is 4.74 Å². The summed E-state index contributed by atoms with van der Waals surface area (Å²) in [6.07, 6.45) is 0.197. The molecular weight excluding hydrogens is 270 g/mol. The fourth-order valence-electron chi connectivity index (χ4n) is 2.25. The number of rotatable bonds is 5. The van der Waals surface area contributed by atoms with Crippen molar-refractivity contribution in [2.45, 2.75) is 25.4 Å². The number of hydrogen-bond acceptors (Lipinski definition) is 5. The van der Waals surface area contributed by atoms with Gasteiger partial charge in [0.15, 0.2) is 6.61 Å². The summed E-state index contributed by atoms with van der Waals surface area (Å²) >= 11 is 0. The van der Waals surface area contributed by atoms with E-state index in [1.54, 1.807) is 12.1 Å². The monoisotopic (exact) mass is 287 g/mol. The van der Waals surface area contributed by atoms with Crippen molar-refractivity contribution >= 4 is 11.8 Å². The van der Waals surface area contributed by atoms with E-state index < -0.39 is 6.04 Å². The molecule has 0 aromatic heterocycles. The number of amides is 2. The third-order valence-electron chi connectivity index (χ3n) is 3.52. The molecule has 0 saturated carbocycles. The average Bonchev–Trinajstić information content (AvgIpc) is 2.73. The van der Waals surface area contributed by atoms with Crippen molar-refractivity contribution in [1.82, 2.24) is 10.2 Å². The Morgan fingerprint density at radius 1 is 1.43 bits per heavy atom. The van der Waals surface area contributed by atoms with Crippen LogP contribution in [0.5, 0.6) is 5.75 Å². The summed E-state index contributed by atoms with van der Waals surface area (Å²) in [4.78, 5) is 24.5. The van der Waals surface area contributed by atoms with Crippen molar-refractivity contribution in [2.24, 2.45) is 0 Å². The zero-order chi connectivity index (χ0) is 15.4. The van der Waals surface area contributed by atoms with Crippen LogP contribution in [0.2, 0.25) is 0 Å². The Bertz CT molecular complexity index is 577. The van der Waals surface area contributed by atoms with E-state index in [0.29, 0.717) is 5.75 Å². The van der Waals surface area contributed by atoms with E-state index in [1.165, 1.54) is 7.05 Å². The van der Waals surface area contributed by atoms with Crippen LogP contribution >= 0.6 is 0 Å². The second kappa shape index (κ2) is 6.37. The van der Waals surface area contributed by atoms with E-state index in [9.17, 15) is 9.59 Å². The van der Waals surface area contributed by atoms with Crippen LogP contribution in [-0.4, -0.2) is 36.4 Å². The summed E-state index contributed by atoms with van der Waals surface area (Å²) in [5, 5.41) is 11.6. The number of likely N-dealkylation sites (tertiary alicyclic amines) is 1. The fraction of sp³-hybridized carbons (Fsp3) is 0.400. The Balaban J connectivity index is 1.97. The summed E-state index contributed by atoms with van der Waals surface area (Å²) < 4.78 is 5.18. The first-order valence-electron chi connectivity index (χ1n) is 6.69. The minimum atomic E-state index is -0.466. The van der Waals surface area contributed by atoms with Gasteiger partial charge in [-0.3, -0.25) is 19.8 Å². The van der Waals surface area contributed by atoms with Crippen LogP contribution in [0.15, 0.2) is 24.3 Å². The van der Waals surface area contributed by atoms with Gasteiger partial charge in [0.05, 0.1) is 12.5 Å². The quantitative estimate of drug-likeness (QED) is 0.817. The first-order chi connectivity index (χ1) is 10.0. The van der Waals surface area contributed by atoms with Crippen LogP contribution in [0.25, 0.3) is 0 Å². The molecule has 0 bridgehead atoms. The molecule has 2 rings (SSSR count). The topological polar surface area (TPSA) is 82.4 Å². The summed E-state index contributed by atoms with van der Waals surface area (Å²) in [5.41, 5.74) is 0.981. The highest BCUT2D eigenvalue weighted by Crippen LogP contribution is 2.20. The normalized spacial score (nSPS) is 19.5. The van der Waals surface area contributed by atoms with Crippen molar-refractivity contribution < 1.29 is 14.3 Å². The SMILES string of the molecule is CC(NC1CC(=O)N(C)C1=O)c1ccc(OCC#N)cc1. The van der Waals surface area contributed by atoms with E-state index in [-0.39, 0.29) is 30.9 Å². The number of likely N-dealkylation sites (N-methyl/N-ethyl adjacent to an activating group) is 1. The predicted octanol–water partition coefficient (Wildman–Crippen LogP) is 0.997. The van der Waals surface area contributed by atoms with Crippen LogP contribution < -0.4 is 10.1 Å². The predicted molar refractivity (Wildman–Crippen MR) is 75.3 cm³/mol. The first kappa shape index (κ1) is 15.0. The van der Waals surface area contributed by atoms with Crippen molar-refractivity contribution in [3.63, 3.8) is 0 Å². The molecule has 1 aromatic rings. The Morgan fingerprint density at radius 3 is 2.62 bits per heavy atom. The van der Waals surface area contributed by atoms with E-state index >= 15 is 0 Å². The molecule has 0 spiro atoms. The minimum Gasteiger partial charge on any atom is -0.479 e. The Morgan fingerprint density at radius 2 is 2.10 bits per heavy atom. The molecule has 2 atom stereocenters. The van der Waals surface area contributed by atoms with Gasteiger partial charge in [-0.1, -0.05) is 12.1 Å². The standard InChI is InChI=1S/C15H17N3O3/c1-10(17-13-9-14(19)18(2)15(13)20)11-3-5-12(6-4-11)21-8-7-16/h3-6,10,13,17H,8-9H2,1-2H3. The zero-order valence-electron chi connectivity index (χ0n) is 12.0. The van der Waals surface area contributed by atoms with Gasteiger partial charge in [-0.15, -0.1) is 0 Å². The largest absolute Gasteiger partial charge is 0.479 e. The summed E-state index contributed by atoms with van der Waals surface area (Å²) in [6.45, 7) is 1.94. The van der Waals surface area contributed by atoms with Gasteiger partial charge in [0, 0.05) is 13.1 Å². The number of carbonyl (C=O) groups is 2. The molecule has 1 saturated heterocycles. The number of nitrogens with zero attached hydrogens (tertiary/aromatic N) is 2. The minimum absolute atomic E-state index is 0.0121. The van der Waals surface area contributed by atoms with Crippen molar-refractivity contribution in [3.05, 3.63) is 29.8 Å². The Kier molecular flexibility index (Phi) is 4.55. The number of ether oxygens (including phenoxy) is 1. The number of nitriles is 1. The fourth-order valence-corrected chi connectivity index (χ4v) is 2.25. The number of nitrogens with one attached hydrogen (secondary N) is 1. The highest BCUT2D eigenvalue weighted by Gasteiger charge is 2.36. The van der Waals surface area contributed by atoms with Crippen LogP contribution in [0, 0.1) is 11.3 Å². The molecule has 1 aromatic carbocycles. The highest BCUT2D eigenvalue weighted by atomic mass is 16.5. The van der Waals surface area contributed by atoms with Crippen molar-refractivity contribution in [2.75, 3.05) is 13.7 Å². The Hall–Kier alpha value is -2.39. The molecule has 21 heavy (non-hydrogen) atoms. The van der Waals surface area contributed by atoms with Gasteiger partial charge in [-0.25, -0.2) is 0 Å². The van der Waals surface area contributed by atoms with E-state index in [2.05, 4.69) is 5.32 Å². The average molecular weight is 287 g/mol. The number of hydrogen-bond donors (Lipinski definition) is 1. The molecule has 2 amide bonds. The molecule has 1 N–H and O–H groups in total. The van der Waals surface area contributed by atoms with Crippen molar-refractivity contribution in [3.8, 4) is 11.8 Å². The van der Waals surface area contributed by atoms with Gasteiger partial charge >= 0.3 is 0 Å². The summed E-state index contributed by atoms with van der Waals surface area (Å²) in [5.74, 6) is 0.269. The molecule has 1 aliphatic rings. The second-order valence-electron chi connectivity index (χ2n) is 4.95. The van der Waals surface area contributed by atoms with Gasteiger partial charge in [-0.2, -0.15) is 5.26 Å². The molecule has 110 valence electrons. The van der Waals surface area contributed by atoms with E-state index in [4.69, 9.17) is 10.00 Å². The summed E-state index contributed by atoms with van der Waals surface area (Å²) in [6, 6.07) is 8.67. The molecule has 2 unspecified atom stereocenters. The zero-order valence-corrected chi connectivity index (χ0v) is 12.0. The van der Waals surface area contributed by atoms with Crippen LogP contribution in [-0.2, 0) is 9.59 Å². The van der Waals surface area contributed by atoms with Gasteiger partial charge in [0.1, 0.15) is 11.8 Å². The number of carbonyl (C=O) groups excluding carboxylic acids is 2. The van der Waals surface area contributed by atoms with Gasteiger partial charge in [0.25, 0.3) is 0 Å². The Labute approximate surface area is 123 Å². The number of benzene rings is 1. The third kappa shape index (κ3) is 3.38. The molecule has 0 aliphatic carbocycles. The van der Waals surface area contributed by atoms with E-state index in [1.807, 2.05) is 25.1 Å². The number of imide groups is 1. The van der Waals surface area contributed by atoms with Crippen LogP contribution in [0.3, 0.4) is 0 Å². The lowest BCUT2D eigenvalue weighted by molar-refractivity contribution is -0.137. The molecule has 0 radical (unpaired) electrons. The maximum Gasteiger partial charge on any atom is 0.246 e. The molecule has 1 heterocycles.